The first-order chi connectivity index (χ1) is 5.34. The molecule has 0 aromatic heterocycles. The molecule has 0 heterocycles. The Morgan fingerprint density at radius 2 is 2.27 bits per heavy atom. The topological polar surface area (TPSA) is 12.0 Å². The zero-order valence-electron chi connectivity index (χ0n) is 6.65. The molecule has 66 valence electrons. The highest BCUT2D eigenvalue weighted by Gasteiger charge is 2.24. The number of halogens is 2. The number of alkyl halides is 2. The zero-order chi connectivity index (χ0) is 8.10. The van der Waals surface area contributed by atoms with Crippen molar-refractivity contribution in [2.45, 2.75) is 24.6 Å². The van der Waals surface area contributed by atoms with Crippen LogP contribution in [-0.4, -0.2) is 25.1 Å². The maximum absolute atomic E-state index is 11.7. The molecule has 0 aromatic rings. The summed E-state index contributed by atoms with van der Waals surface area (Å²) in [6.45, 7) is 1.08. The highest BCUT2D eigenvalue weighted by Crippen LogP contribution is 2.29. The number of rotatable bonds is 4. The molecule has 0 radical (unpaired) electrons. The minimum Gasteiger partial charge on any atom is -0.314 e. The number of hydrogen-bond acceptors (Lipinski definition) is 1. The molecule has 0 amide bonds. The van der Waals surface area contributed by atoms with E-state index >= 15 is 0 Å². The summed E-state index contributed by atoms with van der Waals surface area (Å²) in [5.74, 6) is 0.572. The molecule has 0 spiro atoms. The van der Waals surface area contributed by atoms with Gasteiger partial charge in [-0.15, -0.1) is 11.6 Å². The molecule has 2 atom stereocenters. The van der Waals surface area contributed by atoms with Crippen LogP contribution in [0.25, 0.3) is 0 Å². The van der Waals surface area contributed by atoms with E-state index in [0.717, 1.165) is 13.0 Å². The van der Waals surface area contributed by atoms with Gasteiger partial charge in [0.05, 0.1) is 0 Å². The van der Waals surface area contributed by atoms with Gasteiger partial charge in [-0.2, -0.15) is 0 Å². The van der Waals surface area contributed by atoms with Crippen LogP contribution in [0.1, 0.15) is 19.3 Å². The van der Waals surface area contributed by atoms with Crippen molar-refractivity contribution in [2.24, 2.45) is 5.92 Å². The van der Waals surface area contributed by atoms with E-state index in [1.54, 1.807) is 0 Å². The van der Waals surface area contributed by atoms with Crippen molar-refractivity contribution >= 4 is 11.6 Å². The number of hydrogen-bond donors (Lipinski definition) is 1. The van der Waals surface area contributed by atoms with E-state index in [1.165, 1.54) is 12.8 Å². The summed E-state index contributed by atoms with van der Waals surface area (Å²) >= 11 is 6.02. The van der Waals surface area contributed by atoms with Gasteiger partial charge in [-0.1, -0.05) is 6.42 Å². The van der Waals surface area contributed by atoms with Crippen LogP contribution >= 0.6 is 11.6 Å². The van der Waals surface area contributed by atoms with Crippen LogP contribution in [-0.2, 0) is 0 Å². The third kappa shape index (κ3) is 2.96. The standard InChI is InChI=1S/C8H15ClFN/c9-8-3-1-2-7(8)6-11-5-4-10/h7-8,11H,1-6H2. The van der Waals surface area contributed by atoms with Crippen LogP contribution in [0.3, 0.4) is 0 Å². The third-order valence-electron chi connectivity index (χ3n) is 2.24. The summed E-state index contributed by atoms with van der Waals surface area (Å²) in [6, 6.07) is 0. The Morgan fingerprint density at radius 3 is 2.82 bits per heavy atom. The summed E-state index contributed by atoms with van der Waals surface area (Å²) < 4.78 is 11.7. The van der Waals surface area contributed by atoms with Gasteiger partial charge < -0.3 is 5.32 Å². The first kappa shape index (κ1) is 9.27. The van der Waals surface area contributed by atoms with Gasteiger partial charge in [0, 0.05) is 11.9 Å². The van der Waals surface area contributed by atoms with E-state index in [0.29, 0.717) is 17.8 Å². The van der Waals surface area contributed by atoms with Crippen molar-refractivity contribution in [1.29, 1.82) is 0 Å². The second-order valence-corrected chi connectivity index (χ2v) is 3.66. The van der Waals surface area contributed by atoms with E-state index in [9.17, 15) is 4.39 Å². The average molecular weight is 180 g/mol. The molecule has 1 aliphatic carbocycles. The van der Waals surface area contributed by atoms with Crippen LogP contribution in [0.4, 0.5) is 4.39 Å². The normalized spacial score (nSPS) is 31.1. The van der Waals surface area contributed by atoms with Crippen LogP contribution in [0.15, 0.2) is 0 Å². The maximum Gasteiger partial charge on any atom is 0.102 e. The molecule has 1 N–H and O–H groups in total. The predicted molar refractivity (Wildman–Crippen MR) is 45.8 cm³/mol. The minimum absolute atomic E-state index is 0.278. The molecule has 0 aliphatic heterocycles. The summed E-state index contributed by atoms with van der Waals surface area (Å²) in [5, 5.41) is 3.37. The van der Waals surface area contributed by atoms with Crippen molar-refractivity contribution < 1.29 is 4.39 Å². The monoisotopic (exact) mass is 179 g/mol. The van der Waals surface area contributed by atoms with E-state index in [2.05, 4.69) is 5.32 Å². The SMILES string of the molecule is FCCNCC1CCCC1Cl. The highest BCUT2D eigenvalue weighted by atomic mass is 35.5. The zero-order valence-corrected chi connectivity index (χ0v) is 7.41. The van der Waals surface area contributed by atoms with Crippen molar-refractivity contribution in [2.75, 3.05) is 19.8 Å². The Labute approximate surface area is 72.3 Å². The smallest absolute Gasteiger partial charge is 0.102 e. The lowest BCUT2D eigenvalue weighted by Crippen LogP contribution is -2.27. The van der Waals surface area contributed by atoms with Gasteiger partial charge in [0.15, 0.2) is 0 Å². The predicted octanol–water partition coefficient (Wildman–Crippen LogP) is 1.95. The van der Waals surface area contributed by atoms with Crippen molar-refractivity contribution in [3.8, 4) is 0 Å². The van der Waals surface area contributed by atoms with E-state index < -0.39 is 0 Å². The molecular weight excluding hydrogens is 165 g/mol. The van der Waals surface area contributed by atoms with E-state index in [1.807, 2.05) is 0 Å². The summed E-state index contributed by atoms with van der Waals surface area (Å²) in [7, 11) is 0. The van der Waals surface area contributed by atoms with Crippen LogP contribution in [0.5, 0.6) is 0 Å². The largest absolute Gasteiger partial charge is 0.314 e. The molecule has 1 aliphatic rings. The molecule has 1 nitrogen and oxygen atoms in total. The fourth-order valence-corrected chi connectivity index (χ4v) is 1.95. The molecule has 1 rings (SSSR count). The van der Waals surface area contributed by atoms with Crippen molar-refractivity contribution in [3.05, 3.63) is 0 Å². The second kappa shape index (κ2) is 4.94. The Hall–Kier alpha value is 0.180. The second-order valence-electron chi connectivity index (χ2n) is 3.10. The Kier molecular flexibility index (Phi) is 4.16. The molecular formula is C8H15ClFN. The number of nitrogens with one attached hydrogen (secondary N) is 1. The minimum atomic E-state index is -0.278. The van der Waals surface area contributed by atoms with Crippen molar-refractivity contribution in [1.82, 2.24) is 5.32 Å². The van der Waals surface area contributed by atoms with E-state index in [4.69, 9.17) is 11.6 Å². The average Bonchev–Trinajstić information content (AvgIpc) is 2.37. The van der Waals surface area contributed by atoms with Crippen LogP contribution in [0, 0.1) is 5.92 Å². The maximum atomic E-state index is 11.7. The lowest BCUT2D eigenvalue weighted by molar-refractivity contribution is 0.433. The molecule has 2 unspecified atom stereocenters. The van der Waals surface area contributed by atoms with Gasteiger partial charge in [-0.3, -0.25) is 0 Å². The van der Waals surface area contributed by atoms with Gasteiger partial charge in [0.1, 0.15) is 6.67 Å². The van der Waals surface area contributed by atoms with Gasteiger partial charge in [0.25, 0.3) is 0 Å². The molecule has 11 heavy (non-hydrogen) atoms. The van der Waals surface area contributed by atoms with E-state index in [-0.39, 0.29) is 6.67 Å². The Morgan fingerprint density at radius 1 is 1.45 bits per heavy atom. The van der Waals surface area contributed by atoms with Gasteiger partial charge in [-0.05, 0) is 25.3 Å². The molecule has 0 bridgehead atoms. The summed E-state index contributed by atoms with van der Waals surface area (Å²) in [4.78, 5) is 0. The lowest BCUT2D eigenvalue weighted by atomic mass is 10.1. The highest BCUT2D eigenvalue weighted by molar-refractivity contribution is 6.20. The van der Waals surface area contributed by atoms with Gasteiger partial charge in [-0.25, -0.2) is 4.39 Å². The molecule has 1 fully saturated rings. The van der Waals surface area contributed by atoms with Gasteiger partial charge in [0.2, 0.25) is 0 Å². The fraction of sp³-hybridized carbons (Fsp3) is 1.00. The molecule has 0 saturated heterocycles. The molecule has 3 heteroatoms. The molecule has 0 aromatic carbocycles. The Bertz CT molecular complexity index is 110. The summed E-state index contributed by atoms with van der Waals surface area (Å²) in [6.07, 6.45) is 3.56. The lowest BCUT2D eigenvalue weighted by Gasteiger charge is -2.13. The van der Waals surface area contributed by atoms with Gasteiger partial charge >= 0.3 is 0 Å². The van der Waals surface area contributed by atoms with Crippen LogP contribution < -0.4 is 5.32 Å². The third-order valence-corrected chi connectivity index (χ3v) is 2.82. The van der Waals surface area contributed by atoms with Crippen molar-refractivity contribution in [3.63, 3.8) is 0 Å². The molecule has 1 saturated carbocycles. The fourth-order valence-electron chi connectivity index (χ4n) is 1.58. The first-order valence-electron chi connectivity index (χ1n) is 4.25. The summed E-state index contributed by atoms with van der Waals surface area (Å²) in [5.41, 5.74) is 0. The van der Waals surface area contributed by atoms with Crippen LogP contribution in [0.2, 0.25) is 0 Å². The Balaban J connectivity index is 2.05. The quantitative estimate of drug-likeness (QED) is 0.514. The first-order valence-corrected chi connectivity index (χ1v) is 4.69.